The maximum absolute atomic E-state index is 5.27. The van der Waals surface area contributed by atoms with Crippen molar-refractivity contribution in [2.45, 2.75) is 39.7 Å². The van der Waals surface area contributed by atoms with Crippen LogP contribution in [0.3, 0.4) is 0 Å². The van der Waals surface area contributed by atoms with E-state index in [4.69, 9.17) is 4.74 Å². The van der Waals surface area contributed by atoms with Gasteiger partial charge in [0.1, 0.15) is 12.2 Å². The predicted octanol–water partition coefficient (Wildman–Crippen LogP) is 1.83. The Kier molecular flexibility index (Phi) is 4.59. The normalized spacial score (nSPS) is 11.1. The van der Waals surface area contributed by atoms with Crippen LogP contribution >= 0.6 is 0 Å². The van der Waals surface area contributed by atoms with Gasteiger partial charge >= 0.3 is 0 Å². The highest BCUT2D eigenvalue weighted by Gasteiger charge is 2.06. The van der Waals surface area contributed by atoms with E-state index in [1.165, 1.54) is 0 Å². The minimum absolute atomic E-state index is 0.437. The summed E-state index contributed by atoms with van der Waals surface area (Å²) in [5.74, 6) is 1.06. The van der Waals surface area contributed by atoms with Gasteiger partial charge in [-0.2, -0.15) is 0 Å². The topological polar surface area (TPSA) is 39.9 Å². The van der Waals surface area contributed by atoms with Crippen LogP contribution in [-0.4, -0.2) is 28.0 Å². The molecule has 0 amide bonds. The van der Waals surface area contributed by atoms with E-state index in [0.717, 1.165) is 31.9 Å². The van der Waals surface area contributed by atoms with Crippen LogP contribution in [0.25, 0.3) is 0 Å². The second-order valence-electron chi connectivity index (χ2n) is 3.55. The molecule has 0 radical (unpaired) electrons. The first-order chi connectivity index (χ1) is 6.75. The molecule has 0 aromatic carbocycles. The van der Waals surface area contributed by atoms with Crippen LogP contribution in [0.5, 0.6) is 0 Å². The van der Waals surface area contributed by atoms with E-state index in [0.29, 0.717) is 6.04 Å². The van der Waals surface area contributed by atoms with E-state index in [9.17, 15) is 0 Å². The van der Waals surface area contributed by atoms with Crippen LogP contribution in [0, 0.1) is 0 Å². The van der Waals surface area contributed by atoms with Gasteiger partial charge < -0.3 is 9.30 Å². The van der Waals surface area contributed by atoms with Crippen LogP contribution < -0.4 is 0 Å². The molecular weight excluding hydrogens is 178 g/mol. The predicted molar refractivity (Wildman–Crippen MR) is 55.2 cm³/mol. The molecule has 80 valence electrons. The summed E-state index contributed by atoms with van der Waals surface area (Å²) >= 11 is 0. The summed E-state index contributed by atoms with van der Waals surface area (Å²) in [6, 6.07) is 0.437. The van der Waals surface area contributed by atoms with Gasteiger partial charge in [0.15, 0.2) is 0 Å². The first-order valence-corrected chi connectivity index (χ1v) is 5.21. The highest BCUT2D eigenvalue weighted by molar-refractivity contribution is 4.87. The van der Waals surface area contributed by atoms with Gasteiger partial charge in [0.25, 0.3) is 0 Å². The third kappa shape index (κ3) is 3.10. The third-order valence-electron chi connectivity index (χ3n) is 2.10. The lowest BCUT2D eigenvalue weighted by atomic mass is 10.3. The zero-order valence-electron chi connectivity index (χ0n) is 9.23. The standard InChI is InChI=1S/C10H19N3O/c1-4-14-7-5-6-10-12-11-8-13(10)9(2)3/h8-9H,4-7H2,1-3H3. The van der Waals surface area contributed by atoms with Crippen LogP contribution in [0.15, 0.2) is 6.33 Å². The highest BCUT2D eigenvalue weighted by Crippen LogP contribution is 2.07. The van der Waals surface area contributed by atoms with Gasteiger partial charge in [-0.1, -0.05) is 0 Å². The molecule has 4 nitrogen and oxygen atoms in total. The molecule has 0 saturated heterocycles. The average molecular weight is 197 g/mol. The Morgan fingerprint density at radius 2 is 2.29 bits per heavy atom. The number of aromatic nitrogens is 3. The van der Waals surface area contributed by atoms with Gasteiger partial charge in [0.05, 0.1) is 0 Å². The minimum Gasteiger partial charge on any atom is -0.382 e. The Bertz CT molecular complexity index is 258. The fraction of sp³-hybridized carbons (Fsp3) is 0.800. The summed E-state index contributed by atoms with van der Waals surface area (Å²) < 4.78 is 7.38. The first kappa shape index (κ1) is 11.2. The molecule has 0 aliphatic rings. The van der Waals surface area contributed by atoms with E-state index in [2.05, 4.69) is 28.6 Å². The van der Waals surface area contributed by atoms with E-state index < -0.39 is 0 Å². The Labute approximate surface area is 85.3 Å². The van der Waals surface area contributed by atoms with Crippen LogP contribution in [0.4, 0.5) is 0 Å². The SMILES string of the molecule is CCOCCCc1nncn1C(C)C. The lowest BCUT2D eigenvalue weighted by Crippen LogP contribution is -2.06. The van der Waals surface area contributed by atoms with Crippen LogP contribution in [0.2, 0.25) is 0 Å². The molecule has 1 heterocycles. The molecule has 14 heavy (non-hydrogen) atoms. The minimum atomic E-state index is 0.437. The Balaban J connectivity index is 2.38. The summed E-state index contributed by atoms with van der Waals surface area (Å²) in [6.45, 7) is 7.87. The number of hydrogen-bond donors (Lipinski definition) is 0. The summed E-state index contributed by atoms with van der Waals surface area (Å²) in [5.41, 5.74) is 0. The lowest BCUT2D eigenvalue weighted by Gasteiger charge is -2.09. The van der Waals surface area contributed by atoms with Gasteiger partial charge in [0, 0.05) is 25.7 Å². The molecule has 0 bridgehead atoms. The molecule has 0 spiro atoms. The van der Waals surface area contributed by atoms with Crippen LogP contribution in [-0.2, 0) is 11.2 Å². The maximum Gasteiger partial charge on any atom is 0.133 e. The molecule has 1 rings (SSSR count). The number of ether oxygens (including phenoxy) is 1. The number of hydrogen-bond acceptors (Lipinski definition) is 3. The summed E-state index contributed by atoms with van der Waals surface area (Å²) in [4.78, 5) is 0. The molecule has 0 aliphatic heterocycles. The second kappa shape index (κ2) is 5.75. The van der Waals surface area contributed by atoms with Crippen molar-refractivity contribution in [3.63, 3.8) is 0 Å². The quantitative estimate of drug-likeness (QED) is 0.653. The van der Waals surface area contributed by atoms with Crippen molar-refractivity contribution < 1.29 is 4.74 Å². The molecule has 0 atom stereocenters. The third-order valence-corrected chi connectivity index (χ3v) is 2.10. The van der Waals surface area contributed by atoms with Crippen molar-refractivity contribution in [2.75, 3.05) is 13.2 Å². The molecule has 4 heteroatoms. The fourth-order valence-corrected chi connectivity index (χ4v) is 1.35. The summed E-state index contributed by atoms with van der Waals surface area (Å²) in [5, 5.41) is 8.01. The van der Waals surface area contributed by atoms with Gasteiger partial charge in [-0.25, -0.2) is 0 Å². The van der Waals surface area contributed by atoms with E-state index in [1.807, 2.05) is 6.92 Å². The lowest BCUT2D eigenvalue weighted by molar-refractivity contribution is 0.144. The number of nitrogens with zero attached hydrogens (tertiary/aromatic N) is 3. The zero-order chi connectivity index (χ0) is 10.4. The first-order valence-electron chi connectivity index (χ1n) is 5.21. The second-order valence-corrected chi connectivity index (χ2v) is 3.55. The van der Waals surface area contributed by atoms with Crippen molar-refractivity contribution in [1.82, 2.24) is 14.8 Å². The molecule has 0 saturated carbocycles. The average Bonchev–Trinajstić information content (AvgIpc) is 2.60. The van der Waals surface area contributed by atoms with Crippen molar-refractivity contribution in [3.05, 3.63) is 12.2 Å². The monoisotopic (exact) mass is 197 g/mol. The van der Waals surface area contributed by atoms with Crippen molar-refractivity contribution >= 4 is 0 Å². The molecule has 1 aromatic rings. The van der Waals surface area contributed by atoms with Gasteiger partial charge in [-0.05, 0) is 27.2 Å². The van der Waals surface area contributed by atoms with Crippen molar-refractivity contribution in [3.8, 4) is 0 Å². The Morgan fingerprint density at radius 1 is 1.50 bits per heavy atom. The summed E-state index contributed by atoms with van der Waals surface area (Å²) in [7, 11) is 0. The number of aryl methyl sites for hydroxylation is 1. The maximum atomic E-state index is 5.27. The molecular formula is C10H19N3O. The van der Waals surface area contributed by atoms with E-state index in [1.54, 1.807) is 6.33 Å². The fourth-order valence-electron chi connectivity index (χ4n) is 1.35. The van der Waals surface area contributed by atoms with E-state index >= 15 is 0 Å². The highest BCUT2D eigenvalue weighted by atomic mass is 16.5. The van der Waals surface area contributed by atoms with Gasteiger partial charge in [-0.3, -0.25) is 0 Å². The van der Waals surface area contributed by atoms with Gasteiger partial charge in [0.2, 0.25) is 0 Å². The number of rotatable bonds is 6. The van der Waals surface area contributed by atoms with Crippen LogP contribution in [0.1, 0.15) is 39.1 Å². The molecule has 0 aliphatic carbocycles. The summed E-state index contributed by atoms with van der Waals surface area (Å²) in [6.07, 6.45) is 3.75. The molecule has 1 aromatic heterocycles. The van der Waals surface area contributed by atoms with Crippen molar-refractivity contribution in [1.29, 1.82) is 0 Å². The Morgan fingerprint density at radius 3 is 2.93 bits per heavy atom. The smallest absolute Gasteiger partial charge is 0.133 e. The zero-order valence-corrected chi connectivity index (χ0v) is 9.23. The van der Waals surface area contributed by atoms with E-state index in [-0.39, 0.29) is 0 Å². The molecule has 0 N–H and O–H groups in total. The van der Waals surface area contributed by atoms with Crippen molar-refractivity contribution in [2.24, 2.45) is 0 Å². The molecule has 0 unspecified atom stereocenters. The Hall–Kier alpha value is -0.900. The molecule has 0 fully saturated rings. The van der Waals surface area contributed by atoms with Gasteiger partial charge in [-0.15, -0.1) is 10.2 Å². The largest absolute Gasteiger partial charge is 0.382 e.